The SMILES string of the molecule is CC(C)Oc1ccc(C(=O)N2CCNCC2)cc1OC(C)C. The second kappa shape index (κ2) is 7.49. The first-order valence-corrected chi connectivity index (χ1v) is 7.94. The van der Waals surface area contributed by atoms with Gasteiger partial charge in [0.25, 0.3) is 5.91 Å². The van der Waals surface area contributed by atoms with Crippen LogP contribution in [0.3, 0.4) is 0 Å². The molecule has 1 aliphatic rings. The second-order valence-electron chi connectivity index (χ2n) is 6.04. The summed E-state index contributed by atoms with van der Waals surface area (Å²) in [5.41, 5.74) is 0.647. The molecule has 1 aromatic rings. The van der Waals surface area contributed by atoms with E-state index in [1.54, 1.807) is 6.07 Å². The largest absolute Gasteiger partial charge is 0.487 e. The fourth-order valence-corrected chi connectivity index (χ4v) is 2.39. The van der Waals surface area contributed by atoms with E-state index in [0.29, 0.717) is 17.1 Å². The van der Waals surface area contributed by atoms with Crippen LogP contribution in [-0.2, 0) is 0 Å². The van der Waals surface area contributed by atoms with Gasteiger partial charge in [-0.05, 0) is 45.9 Å². The molecular weight excluding hydrogens is 280 g/mol. The van der Waals surface area contributed by atoms with E-state index in [1.807, 2.05) is 44.7 Å². The molecule has 1 amide bonds. The van der Waals surface area contributed by atoms with Gasteiger partial charge in [0.05, 0.1) is 12.2 Å². The molecule has 1 N–H and O–H groups in total. The Labute approximate surface area is 132 Å². The number of benzene rings is 1. The van der Waals surface area contributed by atoms with Gasteiger partial charge < -0.3 is 19.7 Å². The third-order valence-corrected chi connectivity index (χ3v) is 3.32. The van der Waals surface area contributed by atoms with Gasteiger partial charge in [0.2, 0.25) is 0 Å². The molecule has 1 fully saturated rings. The Kier molecular flexibility index (Phi) is 5.66. The Morgan fingerprint density at radius 1 is 1.05 bits per heavy atom. The third kappa shape index (κ3) is 4.37. The van der Waals surface area contributed by atoms with Gasteiger partial charge in [-0.1, -0.05) is 0 Å². The lowest BCUT2D eigenvalue weighted by atomic mass is 10.1. The Balaban J connectivity index is 2.22. The first-order valence-electron chi connectivity index (χ1n) is 7.94. The molecule has 22 heavy (non-hydrogen) atoms. The number of nitrogens with zero attached hydrogens (tertiary/aromatic N) is 1. The molecule has 0 saturated carbocycles. The van der Waals surface area contributed by atoms with Gasteiger partial charge in [-0.2, -0.15) is 0 Å². The number of ether oxygens (including phenoxy) is 2. The summed E-state index contributed by atoms with van der Waals surface area (Å²) in [6.07, 6.45) is 0.0864. The van der Waals surface area contributed by atoms with Crippen molar-refractivity contribution in [2.75, 3.05) is 26.2 Å². The van der Waals surface area contributed by atoms with Gasteiger partial charge in [-0.15, -0.1) is 0 Å². The fourth-order valence-electron chi connectivity index (χ4n) is 2.39. The van der Waals surface area contributed by atoms with Crippen molar-refractivity contribution in [2.45, 2.75) is 39.9 Å². The van der Waals surface area contributed by atoms with Crippen molar-refractivity contribution in [2.24, 2.45) is 0 Å². The van der Waals surface area contributed by atoms with E-state index in [4.69, 9.17) is 9.47 Å². The average Bonchev–Trinajstić information content (AvgIpc) is 2.48. The monoisotopic (exact) mass is 306 g/mol. The van der Waals surface area contributed by atoms with Crippen LogP contribution in [0.1, 0.15) is 38.1 Å². The molecule has 0 spiro atoms. The minimum atomic E-state index is 0.0269. The van der Waals surface area contributed by atoms with Crippen molar-refractivity contribution in [3.05, 3.63) is 23.8 Å². The summed E-state index contributed by atoms with van der Waals surface area (Å²) < 4.78 is 11.6. The molecular formula is C17H26N2O3. The maximum Gasteiger partial charge on any atom is 0.254 e. The van der Waals surface area contributed by atoms with Crippen LogP contribution in [-0.4, -0.2) is 49.2 Å². The van der Waals surface area contributed by atoms with E-state index in [0.717, 1.165) is 26.2 Å². The Bertz CT molecular complexity index is 509. The highest BCUT2D eigenvalue weighted by atomic mass is 16.5. The maximum atomic E-state index is 12.6. The molecule has 2 rings (SSSR count). The summed E-state index contributed by atoms with van der Waals surface area (Å²) >= 11 is 0. The van der Waals surface area contributed by atoms with Crippen molar-refractivity contribution in [1.82, 2.24) is 10.2 Å². The minimum Gasteiger partial charge on any atom is -0.487 e. The zero-order chi connectivity index (χ0) is 16.1. The topological polar surface area (TPSA) is 50.8 Å². The van der Waals surface area contributed by atoms with Gasteiger partial charge in [-0.25, -0.2) is 0 Å². The zero-order valence-corrected chi connectivity index (χ0v) is 13.9. The van der Waals surface area contributed by atoms with Crippen LogP contribution in [0.2, 0.25) is 0 Å². The van der Waals surface area contributed by atoms with Gasteiger partial charge in [0, 0.05) is 31.7 Å². The second-order valence-corrected chi connectivity index (χ2v) is 6.04. The average molecular weight is 306 g/mol. The number of hydrogen-bond donors (Lipinski definition) is 1. The molecule has 1 heterocycles. The number of hydrogen-bond acceptors (Lipinski definition) is 4. The number of rotatable bonds is 5. The van der Waals surface area contributed by atoms with Gasteiger partial charge in [0.15, 0.2) is 11.5 Å². The smallest absolute Gasteiger partial charge is 0.254 e. The molecule has 1 aliphatic heterocycles. The molecule has 5 nitrogen and oxygen atoms in total. The predicted molar refractivity (Wildman–Crippen MR) is 86.7 cm³/mol. The number of nitrogens with one attached hydrogen (secondary N) is 1. The lowest BCUT2D eigenvalue weighted by Crippen LogP contribution is -2.46. The lowest BCUT2D eigenvalue weighted by molar-refractivity contribution is 0.0735. The molecule has 0 atom stereocenters. The van der Waals surface area contributed by atoms with Crippen LogP contribution < -0.4 is 14.8 Å². The van der Waals surface area contributed by atoms with Crippen LogP contribution in [0, 0.1) is 0 Å². The molecule has 122 valence electrons. The first-order chi connectivity index (χ1) is 10.5. The van der Waals surface area contributed by atoms with Crippen molar-refractivity contribution in [3.8, 4) is 11.5 Å². The van der Waals surface area contributed by atoms with Crippen molar-refractivity contribution in [1.29, 1.82) is 0 Å². The highest BCUT2D eigenvalue weighted by molar-refractivity contribution is 5.95. The summed E-state index contributed by atoms with van der Waals surface area (Å²) in [5, 5.41) is 3.25. The van der Waals surface area contributed by atoms with Crippen LogP contribution >= 0.6 is 0 Å². The Hall–Kier alpha value is -1.75. The first kappa shape index (κ1) is 16.6. The van der Waals surface area contributed by atoms with E-state index in [-0.39, 0.29) is 18.1 Å². The number of carbonyl (C=O) groups is 1. The molecule has 0 bridgehead atoms. The van der Waals surface area contributed by atoms with Crippen molar-refractivity contribution < 1.29 is 14.3 Å². The van der Waals surface area contributed by atoms with Crippen LogP contribution in [0.4, 0.5) is 0 Å². The van der Waals surface area contributed by atoms with E-state index in [1.165, 1.54) is 0 Å². The molecule has 1 aromatic carbocycles. The lowest BCUT2D eigenvalue weighted by Gasteiger charge is -2.27. The van der Waals surface area contributed by atoms with Gasteiger partial charge >= 0.3 is 0 Å². The minimum absolute atomic E-state index is 0.0269. The summed E-state index contributed by atoms with van der Waals surface area (Å²) in [5.74, 6) is 1.36. The van der Waals surface area contributed by atoms with E-state index < -0.39 is 0 Å². The molecule has 0 unspecified atom stereocenters. The summed E-state index contributed by atoms with van der Waals surface area (Å²) in [4.78, 5) is 14.4. The normalized spacial score (nSPS) is 15.3. The van der Waals surface area contributed by atoms with Gasteiger partial charge in [0.1, 0.15) is 0 Å². The number of carbonyl (C=O) groups excluding carboxylic acids is 1. The molecule has 1 saturated heterocycles. The van der Waals surface area contributed by atoms with Gasteiger partial charge in [-0.3, -0.25) is 4.79 Å². The highest BCUT2D eigenvalue weighted by Gasteiger charge is 2.20. The summed E-state index contributed by atoms with van der Waals surface area (Å²) in [6, 6.07) is 5.44. The highest BCUT2D eigenvalue weighted by Crippen LogP contribution is 2.30. The molecule has 0 aromatic heterocycles. The number of amides is 1. The number of piperazine rings is 1. The standard InChI is InChI=1S/C17H26N2O3/c1-12(2)21-15-6-5-14(11-16(15)22-13(3)4)17(20)19-9-7-18-8-10-19/h5-6,11-13,18H,7-10H2,1-4H3. The third-order valence-electron chi connectivity index (χ3n) is 3.32. The molecule has 0 aliphatic carbocycles. The van der Waals surface area contributed by atoms with Crippen LogP contribution in [0.15, 0.2) is 18.2 Å². The molecule has 5 heteroatoms. The van der Waals surface area contributed by atoms with Crippen LogP contribution in [0.5, 0.6) is 11.5 Å². The zero-order valence-electron chi connectivity index (χ0n) is 13.9. The Morgan fingerprint density at radius 3 is 2.23 bits per heavy atom. The fraction of sp³-hybridized carbons (Fsp3) is 0.588. The molecule has 0 radical (unpaired) electrons. The van der Waals surface area contributed by atoms with E-state index in [9.17, 15) is 4.79 Å². The quantitative estimate of drug-likeness (QED) is 0.907. The maximum absolute atomic E-state index is 12.6. The van der Waals surface area contributed by atoms with Crippen LogP contribution in [0.25, 0.3) is 0 Å². The van der Waals surface area contributed by atoms with E-state index >= 15 is 0 Å². The predicted octanol–water partition coefficient (Wildman–Crippen LogP) is 2.31. The van der Waals surface area contributed by atoms with E-state index in [2.05, 4.69) is 5.32 Å². The van der Waals surface area contributed by atoms with Crippen molar-refractivity contribution in [3.63, 3.8) is 0 Å². The van der Waals surface area contributed by atoms with Crippen molar-refractivity contribution >= 4 is 5.91 Å². The summed E-state index contributed by atoms with van der Waals surface area (Å²) in [6.45, 7) is 11.0. The Morgan fingerprint density at radius 2 is 1.64 bits per heavy atom. The summed E-state index contributed by atoms with van der Waals surface area (Å²) in [7, 11) is 0.